The van der Waals surface area contributed by atoms with Crippen LogP contribution in [0.1, 0.15) is 43.0 Å². The van der Waals surface area contributed by atoms with Gasteiger partial charge in [-0.05, 0) is 109 Å². The summed E-state index contributed by atoms with van der Waals surface area (Å²) in [4.78, 5) is 27.5. The second kappa shape index (κ2) is 9.37. The third-order valence-corrected chi connectivity index (χ3v) is 7.82. The number of hydrogen-bond acceptors (Lipinski definition) is 4. The van der Waals surface area contributed by atoms with E-state index in [1.807, 2.05) is 56.3 Å². The summed E-state index contributed by atoms with van der Waals surface area (Å²) in [5.41, 5.74) is 6.43. The van der Waals surface area contributed by atoms with Crippen molar-refractivity contribution in [3.63, 3.8) is 0 Å². The van der Waals surface area contributed by atoms with Crippen molar-refractivity contribution >= 4 is 82.1 Å². The van der Waals surface area contributed by atoms with Crippen LogP contribution >= 0.6 is 47.8 Å². The van der Waals surface area contributed by atoms with Crippen molar-refractivity contribution < 1.29 is 9.59 Å². The highest BCUT2D eigenvalue weighted by Gasteiger charge is 2.34. The Morgan fingerprint density at radius 3 is 1.60 bits per heavy atom. The predicted molar refractivity (Wildman–Crippen MR) is 152 cm³/mol. The maximum atomic E-state index is 13.8. The number of carbonyl (C=O) groups excluding carboxylic acids is 2. The molecule has 4 aromatic rings. The zero-order valence-electron chi connectivity index (χ0n) is 18.8. The van der Waals surface area contributed by atoms with Gasteiger partial charge < -0.3 is 10.6 Å². The van der Waals surface area contributed by atoms with E-state index in [2.05, 4.69) is 58.4 Å². The van der Waals surface area contributed by atoms with Gasteiger partial charge in [0.2, 0.25) is 0 Å². The number of fused-ring (bicyclic) bond motifs is 2. The second-order valence-electron chi connectivity index (χ2n) is 8.45. The molecule has 0 amide bonds. The van der Waals surface area contributed by atoms with Gasteiger partial charge in [0.25, 0.3) is 0 Å². The number of halogens is 3. The van der Waals surface area contributed by atoms with Gasteiger partial charge in [-0.2, -0.15) is 0 Å². The maximum Gasteiger partial charge on any atom is 0.196 e. The molecule has 0 radical (unpaired) electrons. The summed E-state index contributed by atoms with van der Waals surface area (Å²) in [7, 11) is 0. The molecular formula is C28H19Br3N2O2. The minimum atomic E-state index is -0.191. The van der Waals surface area contributed by atoms with Crippen LogP contribution in [0.4, 0.5) is 22.7 Å². The standard InChI is InChI=1S/C28H19Br3N2O2/c1-14-7-8-21(18(29)11-14)32-22-9-10-23(33-26-19(30)12-15(2)13-20(26)31)25-24(22)27(34)16-5-3-4-6-17(16)28(25)35/h3-13,32-33H,1-2H3. The first kappa shape index (κ1) is 24.0. The highest BCUT2D eigenvalue weighted by Crippen LogP contribution is 2.41. The Hall–Kier alpha value is -2.74. The van der Waals surface area contributed by atoms with E-state index in [-0.39, 0.29) is 11.6 Å². The van der Waals surface area contributed by atoms with E-state index in [1.165, 1.54) is 0 Å². The third-order valence-electron chi connectivity index (χ3n) is 5.92. The molecule has 7 heteroatoms. The minimum Gasteiger partial charge on any atom is -0.354 e. The maximum absolute atomic E-state index is 13.8. The lowest BCUT2D eigenvalue weighted by Crippen LogP contribution is -2.23. The lowest BCUT2D eigenvalue weighted by Gasteiger charge is -2.24. The van der Waals surface area contributed by atoms with Gasteiger partial charge in [-0.15, -0.1) is 0 Å². The molecule has 0 aliphatic heterocycles. The lowest BCUT2D eigenvalue weighted by atomic mass is 9.82. The van der Waals surface area contributed by atoms with E-state index in [4.69, 9.17) is 0 Å². The summed E-state index contributed by atoms with van der Waals surface area (Å²) in [6.45, 7) is 4.02. The molecule has 5 rings (SSSR count). The molecular weight excluding hydrogens is 636 g/mol. The number of ketones is 2. The van der Waals surface area contributed by atoms with Crippen LogP contribution < -0.4 is 10.6 Å². The first-order valence-electron chi connectivity index (χ1n) is 10.9. The van der Waals surface area contributed by atoms with Crippen molar-refractivity contribution in [2.24, 2.45) is 0 Å². The van der Waals surface area contributed by atoms with E-state index < -0.39 is 0 Å². The first-order valence-corrected chi connectivity index (χ1v) is 13.2. The molecule has 4 aromatic carbocycles. The van der Waals surface area contributed by atoms with Crippen LogP contribution in [0.5, 0.6) is 0 Å². The Morgan fingerprint density at radius 2 is 1.06 bits per heavy atom. The highest BCUT2D eigenvalue weighted by molar-refractivity contribution is 9.11. The van der Waals surface area contributed by atoms with Crippen LogP contribution in [-0.2, 0) is 0 Å². The number of hydrogen-bond donors (Lipinski definition) is 2. The fourth-order valence-corrected chi connectivity index (χ4v) is 6.46. The number of aryl methyl sites for hydroxylation is 2. The van der Waals surface area contributed by atoms with Crippen molar-refractivity contribution in [1.82, 2.24) is 0 Å². The topological polar surface area (TPSA) is 58.2 Å². The third kappa shape index (κ3) is 4.37. The zero-order valence-corrected chi connectivity index (χ0v) is 23.6. The average molecular weight is 655 g/mol. The Bertz CT molecular complexity index is 1520. The fourth-order valence-electron chi connectivity index (χ4n) is 4.25. The largest absolute Gasteiger partial charge is 0.354 e. The second-order valence-corrected chi connectivity index (χ2v) is 11.0. The van der Waals surface area contributed by atoms with Gasteiger partial charge >= 0.3 is 0 Å². The molecule has 0 spiro atoms. The van der Waals surface area contributed by atoms with Gasteiger partial charge in [0.1, 0.15) is 0 Å². The molecule has 0 bridgehead atoms. The minimum absolute atomic E-state index is 0.188. The van der Waals surface area contributed by atoms with Crippen molar-refractivity contribution in [2.45, 2.75) is 13.8 Å². The van der Waals surface area contributed by atoms with Gasteiger partial charge in [0.05, 0.1) is 33.9 Å². The summed E-state index contributed by atoms with van der Waals surface area (Å²) in [6, 6.07) is 20.6. The van der Waals surface area contributed by atoms with Crippen LogP contribution in [0, 0.1) is 13.8 Å². The van der Waals surface area contributed by atoms with Gasteiger partial charge in [-0.3, -0.25) is 9.59 Å². The van der Waals surface area contributed by atoms with Crippen LogP contribution in [0.25, 0.3) is 0 Å². The number of carbonyl (C=O) groups is 2. The molecule has 174 valence electrons. The number of rotatable bonds is 4. The monoisotopic (exact) mass is 652 g/mol. The normalized spacial score (nSPS) is 12.3. The molecule has 0 heterocycles. The Morgan fingerprint density at radius 1 is 0.571 bits per heavy atom. The van der Waals surface area contributed by atoms with Crippen molar-refractivity contribution in [2.75, 3.05) is 10.6 Å². The molecule has 0 saturated carbocycles. The molecule has 0 aromatic heterocycles. The molecule has 0 unspecified atom stereocenters. The van der Waals surface area contributed by atoms with Crippen LogP contribution in [0.2, 0.25) is 0 Å². The van der Waals surface area contributed by atoms with E-state index in [0.29, 0.717) is 33.6 Å². The molecule has 35 heavy (non-hydrogen) atoms. The van der Waals surface area contributed by atoms with Gasteiger partial charge in [-0.25, -0.2) is 0 Å². The van der Waals surface area contributed by atoms with Gasteiger partial charge in [0.15, 0.2) is 11.6 Å². The molecule has 0 fully saturated rings. The SMILES string of the molecule is Cc1ccc(Nc2ccc(Nc3c(Br)cc(C)cc3Br)c3c2C(=O)c2ccccc2C3=O)c(Br)c1. The van der Waals surface area contributed by atoms with Gasteiger partial charge in [-0.1, -0.05) is 30.3 Å². The van der Waals surface area contributed by atoms with Crippen molar-refractivity contribution in [1.29, 1.82) is 0 Å². The first-order chi connectivity index (χ1) is 16.7. The van der Waals surface area contributed by atoms with E-state index in [1.54, 1.807) is 24.3 Å². The number of nitrogens with one attached hydrogen (secondary N) is 2. The van der Waals surface area contributed by atoms with Crippen LogP contribution in [-0.4, -0.2) is 11.6 Å². The quantitative estimate of drug-likeness (QED) is 0.203. The fraction of sp³-hybridized carbons (Fsp3) is 0.0714. The summed E-state index contributed by atoms with van der Waals surface area (Å²) in [5, 5.41) is 6.75. The van der Waals surface area contributed by atoms with E-state index in [0.717, 1.165) is 35.9 Å². The Labute approximate surface area is 228 Å². The van der Waals surface area contributed by atoms with E-state index >= 15 is 0 Å². The molecule has 2 N–H and O–H groups in total. The summed E-state index contributed by atoms with van der Waals surface area (Å²) in [5.74, 6) is -0.379. The highest BCUT2D eigenvalue weighted by atomic mass is 79.9. The van der Waals surface area contributed by atoms with Crippen molar-refractivity contribution in [3.05, 3.63) is 114 Å². The lowest BCUT2D eigenvalue weighted by molar-refractivity contribution is 0.0980. The smallest absolute Gasteiger partial charge is 0.196 e. The van der Waals surface area contributed by atoms with Crippen LogP contribution in [0.3, 0.4) is 0 Å². The summed E-state index contributed by atoms with van der Waals surface area (Å²) >= 11 is 10.8. The molecule has 1 aliphatic carbocycles. The zero-order chi connectivity index (χ0) is 24.9. The predicted octanol–water partition coefficient (Wildman–Crippen LogP) is 8.85. The average Bonchev–Trinajstić information content (AvgIpc) is 2.82. The van der Waals surface area contributed by atoms with Gasteiger partial charge in [0, 0.05) is 24.5 Å². The van der Waals surface area contributed by atoms with E-state index in [9.17, 15) is 9.59 Å². The van der Waals surface area contributed by atoms with Crippen LogP contribution in [0.15, 0.2) is 80.1 Å². The Kier molecular flexibility index (Phi) is 6.42. The molecule has 4 nitrogen and oxygen atoms in total. The van der Waals surface area contributed by atoms with Crippen molar-refractivity contribution in [3.8, 4) is 0 Å². The molecule has 0 atom stereocenters. The summed E-state index contributed by atoms with van der Waals surface area (Å²) < 4.78 is 2.56. The number of benzene rings is 4. The molecule has 1 aliphatic rings. The summed E-state index contributed by atoms with van der Waals surface area (Å²) in [6.07, 6.45) is 0. The Balaban J connectivity index is 1.70. The number of anilines is 4. The molecule has 0 saturated heterocycles.